The summed E-state index contributed by atoms with van der Waals surface area (Å²) in [6, 6.07) is 13.7. The molecule has 0 unspecified atom stereocenters. The Labute approximate surface area is 181 Å². The molecule has 1 fully saturated rings. The van der Waals surface area contributed by atoms with E-state index in [1.54, 1.807) is 24.3 Å². The number of carbonyl (C=O) groups excluding carboxylic acids is 1. The summed E-state index contributed by atoms with van der Waals surface area (Å²) in [5, 5.41) is 1.73. The zero-order chi connectivity index (χ0) is 20.3. The number of nitrogens with zero attached hydrogens (tertiary/aromatic N) is 2. The Hall–Kier alpha value is -1.52. The van der Waals surface area contributed by atoms with Gasteiger partial charge in [0.2, 0.25) is 5.91 Å². The van der Waals surface area contributed by atoms with Crippen LogP contribution in [0.3, 0.4) is 0 Å². The van der Waals surface area contributed by atoms with Crippen LogP contribution in [0.4, 0.5) is 0 Å². The molecule has 1 amide bonds. The topological polar surface area (TPSA) is 23.6 Å². The van der Waals surface area contributed by atoms with E-state index in [1.165, 1.54) is 5.56 Å². The highest BCUT2D eigenvalue weighted by molar-refractivity contribution is 6.42. The zero-order valence-corrected chi connectivity index (χ0v) is 18.2. The van der Waals surface area contributed by atoms with Crippen molar-refractivity contribution in [3.63, 3.8) is 0 Å². The molecule has 0 aromatic heterocycles. The first kappa shape index (κ1) is 21.2. The van der Waals surface area contributed by atoms with Crippen molar-refractivity contribution >= 4 is 46.8 Å². The number of halogens is 3. The number of piperazine rings is 1. The summed E-state index contributed by atoms with van der Waals surface area (Å²) in [6.45, 7) is 6.62. The van der Waals surface area contributed by atoms with Gasteiger partial charge in [-0.2, -0.15) is 0 Å². The van der Waals surface area contributed by atoms with E-state index in [0.29, 0.717) is 16.6 Å². The third-order valence-corrected chi connectivity index (χ3v) is 6.05. The number of amides is 1. The molecule has 1 heterocycles. The van der Waals surface area contributed by atoms with Gasteiger partial charge in [0.05, 0.1) is 10.0 Å². The first-order chi connectivity index (χ1) is 13.3. The molecule has 6 heteroatoms. The van der Waals surface area contributed by atoms with Crippen molar-refractivity contribution in [1.82, 2.24) is 9.80 Å². The smallest absolute Gasteiger partial charge is 0.246 e. The Morgan fingerprint density at radius 1 is 1.00 bits per heavy atom. The van der Waals surface area contributed by atoms with E-state index < -0.39 is 0 Å². The molecule has 0 radical (unpaired) electrons. The standard InChI is InChI=1S/C22H23Cl3N2O/c1-15-13-27(22(28)10-6-17-5-9-20(24)21(25)11-17)16(2)12-26(15)14-18-3-7-19(23)8-4-18/h3-11,15-16H,12-14H2,1-2H3/b10-6+/t15-,16+/m1/s1. The van der Waals surface area contributed by atoms with Crippen LogP contribution in [-0.2, 0) is 11.3 Å². The second kappa shape index (κ2) is 9.32. The van der Waals surface area contributed by atoms with Gasteiger partial charge in [-0.3, -0.25) is 9.69 Å². The Morgan fingerprint density at radius 2 is 1.71 bits per heavy atom. The molecule has 0 aliphatic carbocycles. The van der Waals surface area contributed by atoms with Crippen LogP contribution in [0.2, 0.25) is 15.1 Å². The monoisotopic (exact) mass is 436 g/mol. The summed E-state index contributed by atoms with van der Waals surface area (Å²) in [5.74, 6) is 0.0107. The van der Waals surface area contributed by atoms with Crippen molar-refractivity contribution in [2.24, 2.45) is 0 Å². The molecule has 0 bridgehead atoms. The summed E-state index contributed by atoms with van der Waals surface area (Å²) in [4.78, 5) is 17.1. The van der Waals surface area contributed by atoms with Gasteiger partial charge >= 0.3 is 0 Å². The molecule has 3 nitrogen and oxygen atoms in total. The van der Waals surface area contributed by atoms with E-state index >= 15 is 0 Å². The molecule has 2 atom stereocenters. The number of benzene rings is 2. The molecule has 0 spiro atoms. The van der Waals surface area contributed by atoms with E-state index in [0.717, 1.165) is 23.7 Å². The number of carbonyl (C=O) groups is 1. The highest BCUT2D eigenvalue weighted by Gasteiger charge is 2.30. The summed E-state index contributed by atoms with van der Waals surface area (Å²) in [6.07, 6.45) is 3.39. The van der Waals surface area contributed by atoms with Gasteiger partial charge in [0.15, 0.2) is 0 Å². The van der Waals surface area contributed by atoms with Crippen molar-refractivity contribution in [2.45, 2.75) is 32.5 Å². The first-order valence-electron chi connectivity index (χ1n) is 9.25. The Morgan fingerprint density at radius 3 is 2.39 bits per heavy atom. The molecular weight excluding hydrogens is 415 g/mol. The SMILES string of the molecule is C[C@@H]1CN(C(=O)/C=C/c2ccc(Cl)c(Cl)c2)[C@@H](C)CN1Cc1ccc(Cl)cc1. The third-order valence-electron chi connectivity index (χ3n) is 5.06. The van der Waals surface area contributed by atoms with Crippen LogP contribution in [0.5, 0.6) is 0 Å². The summed E-state index contributed by atoms with van der Waals surface area (Å²) in [7, 11) is 0. The van der Waals surface area contributed by atoms with Crippen molar-refractivity contribution < 1.29 is 4.79 Å². The summed E-state index contributed by atoms with van der Waals surface area (Å²) in [5.41, 5.74) is 2.08. The fraction of sp³-hybridized carbons (Fsp3) is 0.318. The number of hydrogen-bond donors (Lipinski definition) is 0. The Balaban J connectivity index is 1.62. The molecule has 0 saturated carbocycles. The van der Waals surface area contributed by atoms with Gasteiger partial charge in [-0.1, -0.05) is 53.0 Å². The molecule has 0 N–H and O–H groups in total. The molecule has 1 aliphatic rings. The predicted molar refractivity (Wildman–Crippen MR) is 118 cm³/mol. The highest BCUT2D eigenvalue weighted by Crippen LogP contribution is 2.24. The van der Waals surface area contributed by atoms with Crippen molar-refractivity contribution in [3.05, 3.63) is 74.7 Å². The maximum Gasteiger partial charge on any atom is 0.246 e. The third kappa shape index (κ3) is 5.30. The average Bonchev–Trinajstić information content (AvgIpc) is 2.67. The molecule has 2 aromatic rings. The van der Waals surface area contributed by atoms with E-state index in [2.05, 4.69) is 30.9 Å². The Bertz CT molecular complexity index is 867. The van der Waals surface area contributed by atoms with Crippen molar-refractivity contribution in [3.8, 4) is 0 Å². The largest absolute Gasteiger partial charge is 0.334 e. The lowest BCUT2D eigenvalue weighted by Gasteiger charge is -2.44. The van der Waals surface area contributed by atoms with Gasteiger partial charge in [-0.05, 0) is 55.3 Å². The molecule has 3 rings (SSSR count). The number of rotatable bonds is 4. The molecule has 28 heavy (non-hydrogen) atoms. The quantitative estimate of drug-likeness (QED) is 0.566. The van der Waals surface area contributed by atoms with E-state index in [9.17, 15) is 4.79 Å². The van der Waals surface area contributed by atoms with Crippen LogP contribution in [0.15, 0.2) is 48.5 Å². The lowest BCUT2D eigenvalue weighted by Crippen LogP contribution is -2.57. The fourth-order valence-electron chi connectivity index (χ4n) is 3.43. The maximum atomic E-state index is 12.7. The minimum Gasteiger partial charge on any atom is -0.334 e. The summed E-state index contributed by atoms with van der Waals surface area (Å²) >= 11 is 17.9. The predicted octanol–water partition coefficient (Wildman–Crippen LogP) is 5.78. The average molecular weight is 438 g/mol. The lowest BCUT2D eigenvalue weighted by molar-refractivity contribution is -0.131. The molecule has 2 aromatic carbocycles. The highest BCUT2D eigenvalue weighted by atomic mass is 35.5. The van der Waals surface area contributed by atoms with Gasteiger partial charge in [-0.25, -0.2) is 0 Å². The second-order valence-corrected chi connectivity index (χ2v) is 8.50. The van der Waals surface area contributed by atoms with Gasteiger partial charge < -0.3 is 4.90 Å². The van der Waals surface area contributed by atoms with Gasteiger partial charge in [0, 0.05) is 42.8 Å². The van der Waals surface area contributed by atoms with Crippen LogP contribution >= 0.6 is 34.8 Å². The summed E-state index contributed by atoms with van der Waals surface area (Å²) < 4.78 is 0. The van der Waals surface area contributed by atoms with Crippen LogP contribution in [0.25, 0.3) is 6.08 Å². The van der Waals surface area contributed by atoms with Crippen LogP contribution < -0.4 is 0 Å². The van der Waals surface area contributed by atoms with E-state index in [-0.39, 0.29) is 18.0 Å². The zero-order valence-electron chi connectivity index (χ0n) is 15.9. The minimum atomic E-state index is 0.0107. The normalized spacial score (nSPS) is 20.7. The second-order valence-electron chi connectivity index (χ2n) is 7.25. The lowest BCUT2D eigenvalue weighted by atomic mass is 10.1. The van der Waals surface area contributed by atoms with Crippen LogP contribution in [0.1, 0.15) is 25.0 Å². The van der Waals surface area contributed by atoms with Gasteiger partial charge in [0.25, 0.3) is 0 Å². The number of hydrogen-bond acceptors (Lipinski definition) is 2. The first-order valence-corrected chi connectivity index (χ1v) is 10.4. The fourth-order valence-corrected chi connectivity index (χ4v) is 3.86. The van der Waals surface area contributed by atoms with Gasteiger partial charge in [-0.15, -0.1) is 0 Å². The minimum absolute atomic E-state index is 0.0107. The van der Waals surface area contributed by atoms with Gasteiger partial charge in [0.1, 0.15) is 0 Å². The Kier molecular flexibility index (Phi) is 7.05. The molecule has 1 saturated heterocycles. The maximum absolute atomic E-state index is 12.7. The molecule has 1 aliphatic heterocycles. The van der Waals surface area contributed by atoms with Crippen LogP contribution in [-0.4, -0.2) is 40.9 Å². The van der Waals surface area contributed by atoms with Crippen molar-refractivity contribution in [1.29, 1.82) is 0 Å². The van der Waals surface area contributed by atoms with Crippen LogP contribution in [0, 0.1) is 0 Å². The molecular formula is C22H23Cl3N2O. The van der Waals surface area contributed by atoms with Crippen molar-refractivity contribution in [2.75, 3.05) is 13.1 Å². The van der Waals surface area contributed by atoms with E-state index in [4.69, 9.17) is 34.8 Å². The van der Waals surface area contributed by atoms with E-state index in [1.807, 2.05) is 23.1 Å². The molecule has 148 valence electrons.